The van der Waals surface area contributed by atoms with Crippen molar-refractivity contribution in [3.8, 4) is 0 Å². The summed E-state index contributed by atoms with van der Waals surface area (Å²) in [5.41, 5.74) is 2.64. The molecule has 2 heteroatoms. The molecule has 2 rings (SSSR count). The first-order valence-corrected chi connectivity index (χ1v) is 7.58. The Hall–Kier alpha value is -1.31. The molecule has 106 valence electrons. The molecule has 0 aliphatic carbocycles. The van der Waals surface area contributed by atoms with E-state index in [4.69, 9.17) is 11.6 Å². The van der Waals surface area contributed by atoms with Crippen LogP contribution < -0.4 is 5.32 Å². The van der Waals surface area contributed by atoms with E-state index >= 15 is 0 Å². The van der Waals surface area contributed by atoms with Crippen molar-refractivity contribution in [1.29, 1.82) is 0 Å². The molecule has 0 aliphatic heterocycles. The van der Waals surface area contributed by atoms with Gasteiger partial charge in [0.1, 0.15) is 0 Å². The molecule has 0 bridgehead atoms. The van der Waals surface area contributed by atoms with Crippen molar-refractivity contribution < 1.29 is 0 Å². The van der Waals surface area contributed by atoms with Crippen LogP contribution in [0.25, 0.3) is 0 Å². The lowest BCUT2D eigenvalue weighted by atomic mass is 10.0. The van der Waals surface area contributed by atoms with Crippen LogP contribution in [0, 0.1) is 0 Å². The van der Waals surface area contributed by atoms with E-state index in [2.05, 4.69) is 55.6 Å². The van der Waals surface area contributed by atoms with Gasteiger partial charge in [0.25, 0.3) is 0 Å². The van der Waals surface area contributed by atoms with Crippen molar-refractivity contribution in [2.45, 2.75) is 38.8 Å². The largest absolute Gasteiger partial charge is 0.308 e. The summed E-state index contributed by atoms with van der Waals surface area (Å²) in [6.45, 7) is 4.43. The lowest BCUT2D eigenvalue weighted by molar-refractivity contribution is 0.456. The lowest BCUT2D eigenvalue weighted by Gasteiger charge is -2.20. The zero-order valence-electron chi connectivity index (χ0n) is 12.1. The molecule has 0 heterocycles. The maximum Gasteiger partial charge on any atom is 0.0409 e. The topological polar surface area (TPSA) is 12.0 Å². The molecule has 2 atom stereocenters. The Kier molecular flexibility index (Phi) is 5.63. The number of benzene rings is 2. The predicted octanol–water partition coefficient (Wildman–Crippen LogP) is 5.01. The molecule has 2 aromatic carbocycles. The third-order valence-corrected chi connectivity index (χ3v) is 3.83. The molecule has 0 saturated carbocycles. The molecule has 1 unspecified atom stereocenters. The Morgan fingerprint density at radius 3 is 2.45 bits per heavy atom. The summed E-state index contributed by atoms with van der Waals surface area (Å²) in [5.74, 6) is 0. The van der Waals surface area contributed by atoms with E-state index in [1.807, 2.05) is 18.2 Å². The molecule has 0 aliphatic rings. The smallest absolute Gasteiger partial charge is 0.0409 e. The molecule has 0 fully saturated rings. The van der Waals surface area contributed by atoms with Gasteiger partial charge in [0.15, 0.2) is 0 Å². The van der Waals surface area contributed by atoms with Crippen LogP contribution in [-0.4, -0.2) is 6.04 Å². The predicted molar refractivity (Wildman–Crippen MR) is 87.2 cm³/mol. The van der Waals surface area contributed by atoms with E-state index < -0.39 is 0 Å². The van der Waals surface area contributed by atoms with Gasteiger partial charge in [0.2, 0.25) is 0 Å². The highest BCUT2D eigenvalue weighted by atomic mass is 35.5. The summed E-state index contributed by atoms with van der Waals surface area (Å²) >= 11 is 6.04. The Morgan fingerprint density at radius 1 is 1.00 bits per heavy atom. The summed E-state index contributed by atoms with van der Waals surface area (Å²) in [6.07, 6.45) is 2.24. The Balaban J connectivity index is 1.83. The lowest BCUT2D eigenvalue weighted by Crippen LogP contribution is -2.29. The van der Waals surface area contributed by atoms with E-state index in [9.17, 15) is 0 Å². The minimum Gasteiger partial charge on any atom is -0.308 e. The van der Waals surface area contributed by atoms with Gasteiger partial charge in [-0.2, -0.15) is 0 Å². The average molecular weight is 288 g/mol. The maximum atomic E-state index is 6.04. The van der Waals surface area contributed by atoms with E-state index in [0.29, 0.717) is 12.1 Å². The standard InChI is InChI=1S/C18H22ClN/c1-14(11-12-16-7-4-3-5-8-16)20-15(2)17-9-6-10-18(19)13-17/h3-10,13-15,20H,11-12H2,1-2H3/t14?,15-/m1/s1. The van der Waals surface area contributed by atoms with Crippen molar-refractivity contribution in [3.63, 3.8) is 0 Å². The second kappa shape index (κ2) is 7.47. The van der Waals surface area contributed by atoms with Gasteiger partial charge in [-0.25, -0.2) is 0 Å². The molecule has 0 spiro atoms. The van der Waals surface area contributed by atoms with Crippen LogP contribution >= 0.6 is 11.6 Å². The summed E-state index contributed by atoms with van der Waals surface area (Å²) in [5, 5.41) is 4.43. The van der Waals surface area contributed by atoms with Crippen molar-refractivity contribution >= 4 is 11.6 Å². The fourth-order valence-electron chi connectivity index (χ4n) is 2.41. The van der Waals surface area contributed by atoms with E-state index in [1.54, 1.807) is 0 Å². The molecular formula is C18H22ClN. The van der Waals surface area contributed by atoms with Crippen LogP contribution in [0.4, 0.5) is 0 Å². The maximum absolute atomic E-state index is 6.04. The molecule has 0 amide bonds. The van der Waals surface area contributed by atoms with Gasteiger partial charge in [0.05, 0.1) is 0 Å². The minimum absolute atomic E-state index is 0.319. The SMILES string of the molecule is CC(CCc1ccccc1)N[C@H](C)c1cccc(Cl)c1. The molecule has 2 aromatic rings. The van der Waals surface area contributed by atoms with Crippen molar-refractivity contribution in [2.75, 3.05) is 0 Å². The highest BCUT2D eigenvalue weighted by Crippen LogP contribution is 2.18. The van der Waals surface area contributed by atoms with Crippen LogP contribution in [0.3, 0.4) is 0 Å². The number of nitrogens with one attached hydrogen (secondary N) is 1. The highest BCUT2D eigenvalue weighted by molar-refractivity contribution is 6.30. The van der Waals surface area contributed by atoms with Gasteiger partial charge in [-0.3, -0.25) is 0 Å². The Labute approximate surface area is 127 Å². The molecule has 0 radical (unpaired) electrons. The zero-order valence-corrected chi connectivity index (χ0v) is 12.9. The minimum atomic E-state index is 0.319. The molecule has 1 N–H and O–H groups in total. The van der Waals surface area contributed by atoms with Crippen LogP contribution in [-0.2, 0) is 6.42 Å². The van der Waals surface area contributed by atoms with Gasteiger partial charge < -0.3 is 5.32 Å². The van der Waals surface area contributed by atoms with Gasteiger partial charge in [0, 0.05) is 17.1 Å². The fraction of sp³-hybridized carbons (Fsp3) is 0.333. The number of hydrogen-bond acceptors (Lipinski definition) is 1. The molecule has 0 aromatic heterocycles. The van der Waals surface area contributed by atoms with E-state index in [1.165, 1.54) is 11.1 Å². The monoisotopic (exact) mass is 287 g/mol. The molecule has 0 saturated heterocycles. The fourth-order valence-corrected chi connectivity index (χ4v) is 2.61. The summed E-state index contributed by atoms with van der Waals surface area (Å²) in [7, 11) is 0. The van der Waals surface area contributed by atoms with Crippen molar-refractivity contribution in [3.05, 3.63) is 70.7 Å². The Bertz CT molecular complexity index is 524. The number of aryl methyl sites for hydroxylation is 1. The molecule has 20 heavy (non-hydrogen) atoms. The van der Waals surface area contributed by atoms with Crippen LogP contribution in [0.5, 0.6) is 0 Å². The first-order valence-electron chi connectivity index (χ1n) is 7.20. The van der Waals surface area contributed by atoms with Gasteiger partial charge >= 0.3 is 0 Å². The van der Waals surface area contributed by atoms with Crippen LogP contribution in [0.15, 0.2) is 54.6 Å². The highest BCUT2D eigenvalue weighted by Gasteiger charge is 2.09. The number of halogens is 1. The first kappa shape index (κ1) is 15.1. The van der Waals surface area contributed by atoms with E-state index in [0.717, 1.165) is 17.9 Å². The van der Waals surface area contributed by atoms with Gasteiger partial charge in [-0.1, -0.05) is 54.1 Å². The normalized spacial score (nSPS) is 13.9. The quantitative estimate of drug-likeness (QED) is 0.787. The van der Waals surface area contributed by atoms with Crippen molar-refractivity contribution in [1.82, 2.24) is 5.32 Å². The zero-order chi connectivity index (χ0) is 14.4. The van der Waals surface area contributed by atoms with Crippen molar-refractivity contribution in [2.24, 2.45) is 0 Å². The average Bonchev–Trinajstić information content (AvgIpc) is 2.46. The third-order valence-electron chi connectivity index (χ3n) is 3.59. The van der Waals surface area contributed by atoms with Gasteiger partial charge in [-0.15, -0.1) is 0 Å². The second-order valence-corrected chi connectivity index (χ2v) is 5.81. The number of hydrogen-bond donors (Lipinski definition) is 1. The number of rotatable bonds is 6. The molecule has 1 nitrogen and oxygen atoms in total. The Morgan fingerprint density at radius 2 is 1.75 bits per heavy atom. The second-order valence-electron chi connectivity index (χ2n) is 5.37. The summed E-state index contributed by atoms with van der Waals surface area (Å²) in [6, 6.07) is 19.5. The van der Waals surface area contributed by atoms with E-state index in [-0.39, 0.29) is 0 Å². The molecular weight excluding hydrogens is 266 g/mol. The third kappa shape index (κ3) is 4.66. The first-order chi connectivity index (χ1) is 9.65. The van der Waals surface area contributed by atoms with Crippen LogP contribution in [0.2, 0.25) is 5.02 Å². The summed E-state index contributed by atoms with van der Waals surface area (Å²) < 4.78 is 0. The van der Waals surface area contributed by atoms with Gasteiger partial charge in [-0.05, 0) is 49.9 Å². The van der Waals surface area contributed by atoms with Crippen LogP contribution in [0.1, 0.15) is 37.4 Å². The summed E-state index contributed by atoms with van der Waals surface area (Å²) in [4.78, 5) is 0.